The second kappa shape index (κ2) is 7.53. The molecule has 0 spiro atoms. The zero-order valence-corrected chi connectivity index (χ0v) is 8.50. The van der Waals surface area contributed by atoms with Crippen molar-refractivity contribution in [2.45, 2.75) is 40.1 Å². The molecule has 12 heavy (non-hydrogen) atoms. The van der Waals surface area contributed by atoms with E-state index in [1.807, 2.05) is 27.7 Å². The van der Waals surface area contributed by atoms with Gasteiger partial charge in [0.2, 0.25) is 0 Å². The molecule has 0 rings (SSSR count). The van der Waals surface area contributed by atoms with Crippen LogP contribution in [-0.2, 0) is 14.2 Å². The average Bonchev–Trinajstić information content (AvgIpc) is 2.00. The standard InChI is InChI=1S/C9H20O3/c1-5-10-7-9(11-6-2)12-8(3)4/h8-9H,5-7H2,1-4H3. The Labute approximate surface area is 75.0 Å². The Morgan fingerprint density at radius 3 is 2.17 bits per heavy atom. The molecule has 0 saturated carbocycles. The lowest BCUT2D eigenvalue weighted by Crippen LogP contribution is -2.26. The monoisotopic (exact) mass is 176 g/mol. The lowest BCUT2D eigenvalue weighted by Gasteiger charge is -2.19. The van der Waals surface area contributed by atoms with E-state index < -0.39 is 0 Å². The van der Waals surface area contributed by atoms with Crippen LogP contribution in [0.1, 0.15) is 27.7 Å². The summed E-state index contributed by atoms with van der Waals surface area (Å²) < 4.78 is 16.0. The van der Waals surface area contributed by atoms with Gasteiger partial charge in [-0.05, 0) is 27.7 Å². The molecule has 0 amide bonds. The van der Waals surface area contributed by atoms with Gasteiger partial charge < -0.3 is 14.2 Å². The Kier molecular flexibility index (Phi) is 7.45. The Hall–Kier alpha value is -0.120. The fraction of sp³-hybridized carbons (Fsp3) is 1.00. The van der Waals surface area contributed by atoms with E-state index in [0.29, 0.717) is 19.8 Å². The van der Waals surface area contributed by atoms with Crippen LogP contribution >= 0.6 is 0 Å². The Morgan fingerprint density at radius 2 is 1.75 bits per heavy atom. The van der Waals surface area contributed by atoms with Gasteiger partial charge in [0, 0.05) is 13.2 Å². The number of hydrogen-bond donors (Lipinski definition) is 0. The van der Waals surface area contributed by atoms with Gasteiger partial charge in [-0.25, -0.2) is 0 Å². The van der Waals surface area contributed by atoms with Gasteiger partial charge in [0.25, 0.3) is 0 Å². The molecule has 3 nitrogen and oxygen atoms in total. The average molecular weight is 176 g/mol. The van der Waals surface area contributed by atoms with Crippen LogP contribution in [0.5, 0.6) is 0 Å². The lowest BCUT2D eigenvalue weighted by molar-refractivity contribution is -0.186. The molecule has 0 heterocycles. The van der Waals surface area contributed by atoms with Gasteiger partial charge in [-0.1, -0.05) is 0 Å². The molecule has 0 aliphatic heterocycles. The summed E-state index contributed by atoms with van der Waals surface area (Å²) in [5.41, 5.74) is 0. The maximum absolute atomic E-state index is 5.45. The third-order valence-electron chi connectivity index (χ3n) is 1.23. The minimum absolute atomic E-state index is 0.182. The first kappa shape index (κ1) is 11.9. The van der Waals surface area contributed by atoms with Crippen molar-refractivity contribution >= 4 is 0 Å². The predicted molar refractivity (Wildman–Crippen MR) is 48.1 cm³/mol. The fourth-order valence-corrected chi connectivity index (χ4v) is 0.830. The molecule has 0 aromatic heterocycles. The summed E-state index contributed by atoms with van der Waals surface area (Å²) >= 11 is 0. The molecule has 1 atom stereocenters. The highest BCUT2D eigenvalue weighted by atomic mass is 16.7. The van der Waals surface area contributed by atoms with Crippen molar-refractivity contribution in [3.8, 4) is 0 Å². The van der Waals surface area contributed by atoms with E-state index in [1.165, 1.54) is 0 Å². The van der Waals surface area contributed by atoms with E-state index >= 15 is 0 Å². The topological polar surface area (TPSA) is 27.7 Å². The van der Waals surface area contributed by atoms with Gasteiger partial charge in [-0.3, -0.25) is 0 Å². The third kappa shape index (κ3) is 6.58. The van der Waals surface area contributed by atoms with Gasteiger partial charge in [-0.2, -0.15) is 0 Å². The second-order valence-electron chi connectivity index (χ2n) is 2.73. The first-order valence-corrected chi connectivity index (χ1v) is 4.55. The Balaban J connectivity index is 3.54. The van der Waals surface area contributed by atoms with Gasteiger partial charge in [0.05, 0.1) is 12.7 Å². The molecule has 0 aliphatic rings. The van der Waals surface area contributed by atoms with Crippen LogP contribution in [0.4, 0.5) is 0 Å². The van der Waals surface area contributed by atoms with Gasteiger partial charge >= 0.3 is 0 Å². The smallest absolute Gasteiger partial charge is 0.181 e. The second-order valence-corrected chi connectivity index (χ2v) is 2.73. The van der Waals surface area contributed by atoms with Crippen LogP contribution < -0.4 is 0 Å². The van der Waals surface area contributed by atoms with Crippen molar-refractivity contribution < 1.29 is 14.2 Å². The van der Waals surface area contributed by atoms with Gasteiger partial charge in [0.1, 0.15) is 0 Å². The van der Waals surface area contributed by atoms with Crippen LogP contribution in [-0.4, -0.2) is 32.2 Å². The zero-order chi connectivity index (χ0) is 9.40. The number of rotatable bonds is 7. The van der Waals surface area contributed by atoms with Crippen LogP contribution in [0.3, 0.4) is 0 Å². The van der Waals surface area contributed by atoms with E-state index in [1.54, 1.807) is 0 Å². The fourth-order valence-electron chi connectivity index (χ4n) is 0.830. The molecular weight excluding hydrogens is 156 g/mol. The van der Waals surface area contributed by atoms with E-state index in [-0.39, 0.29) is 12.4 Å². The van der Waals surface area contributed by atoms with Crippen molar-refractivity contribution in [3.05, 3.63) is 0 Å². The largest absolute Gasteiger partial charge is 0.376 e. The van der Waals surface area contributed by atoms with Crippen molar-refractivity contribution in [3.63, 3.8) is 0 Å². The van der Waals surface area contributed by atoms with E-state index in [4.69, 9.17) is 14.2 Å². The molecule has 0 fully saturated rings. The van der Waals surface area contributed by atoms with E-state index in [9.17, 15) is 0 Å². The minimum atomic E-state index is -0.213. The molecule has 0 aromatic carbocycles. The molecule has 3 heteroatoms. The highest BCUT2D eigenvalue weighted by Crippen LogP contribution is 2.00. The molecule has 0 radical (unpaired) electrons. The van der Waals surface area contributed by atoms with E-state index in [0.717, 1.165) is 0 Å². The van der Waals surface area contributed by atoms with Crippen molar-refractivity contribution in [1.82, 2.24) is 0 Å². The van der Waals surface area contributed by atoms with Crippen molar-refractivity contribution in [2.75, 3.05) is 19.8 Å². The summed E-state index contributed by atoms with van der Waals surface area (Å²) in [6.45, 7) is 9.74. The van der Waals surface area contributed by atoms with Crippen LogP contribution in [0.25, 0.3) is 0 Å². The summed E-state index contributed by atoms with van der Waals surface area (Å²) in [4.78, 5) is 0. The molecule has 0 N–H and O–H groups in total. The first-order chi connectivity index (χ1) is 5.70. The normalized spacial score (nSPS) is 13.8. The number of hydrogen-bond acceptors (Lipinski definition) is 3. The van der Waals surface area contributed by atoms with Crippen LogP contribution in [0, 0.1) is 0 Å². The molecular formula is C9H20O3. The maximum Gasteiger partial charge on any atom is 0.181 e. The highest BCUT2D eigenvalue weighted by molar-refractivity contribution is 4.45. The summed E-state index contributed by atoms with van der Waals surface area (Å²) in [5.74, 6) is 0. The Morgan fingerprint density at radius 1 is 1.08 bits per heavy atom. The quantitative estimate of drug-likeness (QED) is 0.554. The lowest BCUT2D eigenvalue weighted by atomic mass is 10.5. The van der Waals surface area contributed by atoms with Crippen LogP contribution in [0.15, 0.2) is 0 Å². The zero-order valence-electron chi connectivity index (χ0n) is 8.50. The molecule has 0 aliphatic carbocycles. The summed E-state index contributed by atoms with van der Waals surface area (Å²) in [6, 6.07) is 0. The van der Waals surface area contributed by atoms with Crippen LogP contribution in [0.2, 0.25) is 0 Å². The SMILES string of the molecule is CCOCC(OCC)OC(C)C. The Bertz CT molecular complexity index is 93.8. The summed E-state index contributed by atoms with van der Waals surface area (Å²) in [7, 11) is 0. The highest BCUT2D eigenvalue weighted by Gasteiger charge is 2.09. The molecule has 1 unspecified atom stereocenters. The first-order valence-electron chi connectivity index (χ1n) is 4.55. The van der Waals surface area contributed by atoms with Gasteiger partial charge in [0.15, 0.2) is 6.29 Å². The molecule has 0 aromatic rings. The third-order valence-corrected chi connectivity index (χ3v) is 1.23. The summed E-state index contributed by atoms with van der Waals surface area (Å²) in [5, 5.41) is 0. The molecule has 0 bridgehead atoms. The van der Waals surface area contributed by atoms with Crippen molar-refractivity contribution in [1.29, 1.82) is 0 Å². The number of ether oxygens (including phenoxy) is 3. The minimum Gasteiger partial charge on any atom is -0.376 e. The summed E-state index contributed by atoms with van der Waals surface area (Å²) in [6.07, 6.45) is -0.0306. The molecule has 0 saturated heterocycles. The van der Waals surface area contributed by atoms with Gasteiger partial charge in [-0.15, -0.1) is 0 Å². The molecule has 74 valence electrons. The van der Waals surface area contributed by atoms with Crippen molar-refractivity contribution in [2.24, 2.45) is 0 Å². The van der Waals surface area contributed by atoms with E-state index in [2.05, 4.69) is 0 Å². The maximum atomic E-state index is 5.45. The predicted octanol–water partition coefficient (Wildman–Crippen LogP) is 1.81.